The number of methoxy groups -OCH3 is 1. The van der Waals surface area contributed by atoms with Crippen LogP contribution in [0, 0.1) is 6.92 Å². The van der Waals surface area contributed by atoms with Crippen molar-refractivity contribution >= 4 is 39.9 Å². The molecule has 0 saturated carbocycles. The van der Waals surface area contributed by atoms with E-state index in [4.69, 9.17) is 20.8 Å². The summed E-state index contributed by atoms with van der Waals surface area (Å²) in [6, 6.07) is 13.9. The minimum atomic E-state index is -0.473. The van der Waals surface area contributed by atoms with Gasteiger partial charge in [0.05, 0.1) is 23.5 Å². The number of hydrogen-bond donors (Lipinski definition) is 1. The molecule has 0 radical (unpaired) electrons. The van der Waals surface area contributed by atoms with Gasteiger partial charge in [-0.15, -0.1) is 0 Å². The highest BCUT2D eigenvalue weighted by Crippen LogP contribution is 2.34. The van der Waals surface area contributed by atoms with Crippen LogP contribution in [-0.2, 0) is 6.54 Å². The molecule has 2 heterocycles. The molecule has 0 aliphatic rings. The number of carbonyl (C=O) groups is 2. The van der Waals surface area contributed by atoms with Crippen molar-refractivity contribution in [3.05, 3.63) is 76.3 Å². The van der Waals surface area contributed by atoms with E-state index in [1.54, 1.807) is 55.5 Å². The van der Waals surface area contributed by atoms with Gasteiger partial charge in [0.1, 0.15) is 17.0 Å². The third-order valence-electron chi connectivity index (χ3n) is 4.94. The predicted octanol–water partition coefficient (Wildman–Crippen LogP) is 5.10. The molecule has 1 N–H and O–H groups in total. The number of anilines is 1. The number of ketones is 1. The molecule has 4 rings (SSSR count). The summed E-state index contributed by atoms with van der Waals surface area (Å²) >= 11 is 6.33. The molecule has 0 unspecified atom stereocenters. The third kappa shape index (κ3) is 3.68. The van der Waals surface area contributed by atoms with Crippen molar-refractivity contribution in [2.24, 2.45) is 0 Å². The van der Waals surface area contributed by atoms with Gasteiger partial charge in [-0.05, 0) is 38.1 Å². The summed E-state index contributed by atoms with van der Waals surface area (Å²) in [5, 5.41) is 7.99. The van der Waals surface area contributed by atoms with Crippen LogP contribution in [0.1, 0.15) is 39.2 Å². The molecule has 0 aliphatic heterocycles. The second kappa shape index (κ2) is 8.28. The highest BCUT2D eigenvalue weighted by Gasteiger charge is 2.26. The maximum atomic E-state index is 13.3. The summed E-state index contributed by atoms with van der Waals surface area (Å²) < 4.78 is 12.6. The van der Waals surface area contributed by atoms with Crippen molar-refractivity contribution < 1.29 is 18.7 Å². The molecule has 0 atom stereocenters. The number of benzene rings is 2. The Bertz CT molecular complexity index is 1310. The highest BCUT2D eigenvalue weighted by atomic mass is 35.5. The predicted molar refractivity (Wildman–Crippen MR) is 118 cm³/mol. The van der Waals surface area contributed by atoms with Gasteiger partial charge in [0.15, 0.2) is 5.76 Å². The van der Waals surface area contributed by atoms with Gasteiger partial charge in [-0.2, -0.15) is 5.10 Å². The number of para-hydroxylation sites is 1. The van der Waals surface area contributed by atoms with Crippen LogP contribution in [0.3, 0.4) is 0 Å². The van der Waals surface area contributed by atoms with E-state index >= 15 is 0 Å². The highest BCUT2D eigenvalue weighted by molar-refractivity contribution is 6.35. The normalized spacial score (nSPS) is 11.0. The first-order valence-electron chi connectivity index (χ1n) is 9.69. The quantitative estimate of drug-likeness (QED) is 0.424. The van der Waals surface area contributed by atoms with Gasteiger partial charge in [-0.1, -0.05) is 35.9 Å². The van der Waals surface area contributed by atoms with Crippen molar-refractivity contribution in [3.63, 3.8) is 0 Å². The fourth-order valence-electron chi connectivity index (χ4n) is 3.40. The van der Waals surface area contributed by atoms with Gasteiger partial charge in [0.2, 0.25) is 5.78 Å². The van der Waals surface area contributed by atoms with Crippen LogP contribution in [-0.4, -0.2) is 28.6 Å². The molecule has 2 aromatic carbocycles. The zero-order valence-electron chi connectivity index (χ0n) is 17.2. The van der Waals surface area contributed by atoms with E-state index in [-0.39, 0.29) is 27.9 Å². The van der Waals surface area contributed by atoms with E-state index in [1.807, 2.05) is 6.92 Å². The second-order valence-electron chi connectivity index (χ2n) is 6.88. The van der Waals surface area contributed by atoms with Crippen molar-refractivity contribution in [3.8, 4) is 5.75 Å². The van der Waals surface area contributed by atoms with Crippen LogP contribution in [0.4, 0.5) is 5.69 Å². The first-order valence-corrected chi connectivity index (χ1v) is 10.1. The van der Waals surface area contributed by atoms with E-state index in [1.165, 1.54) is 11.8 Å². The Hall–Kier alpha value is -3.58. The van der Waals surface area contributed by atoms with Gasteiger partial charge in [-0.25, -0.2) is 0 Å². The number of amides is 1. The minimum absolute atomic E-state index is 0.0261. The molecule has 158 valence electrons. The van der Waals surface area contributed by atoms with Crippen molar-refractivity contribution in [2.75, 3.05) is 12.4 Å². The van der Waals surface area contributed by atoms with E-state index in [0.717, 1.165) is 0 Å². The number of fused-ring (bicyclic) bond motifs is 1. The lowest BCUT2D eigenvalue weighted by molar-refractivity contribution is 0.101. The van der Waals surface area contributed by atoms with Crippen LogP contribution < -0.4 is 10.1 Å². The maximum absolute atomic E-state index is 13.3. The zero-order valence-corrected chi connectivity index (χ0v) is 18.0. The molecule has 7 nitrogen and oxygen atoms in total. The third-order valence-corrected chi connectivity index (χ3v) is 5.39. The largest absolute Gasteiger partial charge is 0.497 e. The molecular formula is C23H20ClN3O4. The Balaban J connectivity index is 1.81. The van der Waals surface area contributed by atoms with Crippen LogP contribution >= 0.6 is 11.6 Å². The Morgan fingerprint density at radius 1 is 1.19 bits per heavy atom. The number of ether oxygens (including phenoxy) is 1. The fraction of sp³-hybridized carbons (Fsp3) is 0.174. The van der Waals surface area contributed by atoms with Crippen LogP contribution in [0.15, 0.2) is 52.9 Å². The number of nitrogens with zero attached hydrogens (tertiary/aromatic N) is 2. The summed E-state index contributed by atoms with van der Waals surface area (Å²) in [5.74, 6) is -0.282. The Morgan fingerprint density at radius 2 is 1.97 bits per heavy atom. The van der Waals surface area contributed by atoms with Gasteiger partial charge in [0.25, 0.3) is 5.91 Å². The molecule has 8 heteroatoms. The van der Waals surface area contributed by atoms with Gasteiger partial charge >= 0.3 is 0 Å². The summed E-state index contributed by atoms with van der Waals surface area (Å²) in [5.41, 5.74) is 1.92. The lowest BCUT2D eigenvalue weighted by Gasteiger charge is -2.08. The first kappa shape index (κ1) is 20.7. The lowest BCUT2D eigenvalue weighted by Crippen LogP contribution is -2.19. The first-order chi connectivity index (χ1) is 14.9. The van der Waals surface area contributed by atoms with E-state index in [2.05, 4.69) is 10.4 Å². The number of hydrogen-bond acceptors (Lipinski definition) is 5. The van der Waals surface area contributed by atoms with Crippen molar-refractivity contribution in [2.45, 2.75) is 20.4 Å². The molecule has 4 aromatic rings. The summed E-state index contributed by atoms with van der Waals surface area (Å²) in [4.78, 5) is 26.4. The van der Waals surface area contributed by atoms with Crippen LogP contribution in [0.2, 0.25) is 5.02 Å². The van der Waals surface area contributed by atoms with Crippen LogP contribution in [0.5, 0.6) is 5.75 Å². The molecule has 1 amide bonds. The Morgan fingerprint density at radius 3 is 2.71 bits per heavy atom. The molecule has 31 heavy (non-hydrogen) atoms. The number of rotatable bonds is 6. The second-order valence-corrected chi connectivity index (χ2v) is 7.26. The smallest absolute Gasteiger partial charge is 0.275 e. The molecule has 0 aliphatic carbocycles. The fourth-order valence-corrected chi connectivity index (χ4v) is 3.62. The number of aromatic nitrogens is 2. The monoisotopic (exact) mass is 437 g/mol. The average Bonchev–Trinajstić information content (AvgIpc) is 3.30. The molecule has 0 saturated heterocycles. The maximum Gasteiger partial charge on any atom is 0.275 e. The topological polar surface area (TPSA) is 86.4 Å². The molecule has 2 aromatic heterocycles. The number of nitrogens with one attached hydrogen (secondary N) is 1. The summed E-state index contributed by atoms with van der Waals surface area (Å²) in [7, 11) is 1.53. The molecule has 0 fully saturated rings. The van der Waals surface area contributed by atoms with E-state index in [0.29, 0.717) is 34.5 Å². The summed E-state index contributed by atoms with van der Waals surface area (Å²) in [6.45, 7) is 4.07. The standard InChI is InChI=1S/C23H20ClN3O4/c1-4-27-20(18(24)13(2)26-27)23(29)25-19-16-10-5-6-11-17(16)31-22(19)21(28)14-8-7-9-15(12-14)30-3/h5-12H,4H2,1-3H3,(H,25,29). The average molecular weight is 438 g/mol. The molecule has 0 spiro atoms. The van der Waals surface area contributed by atoms with Gasteiger partial charge in [-0.3, -0.25) is 14.3 Å². The minimum Gasteiger partial charge on any atom is -0.497 e. The van der Waals surface area contributed by atoms with E-state index in [9.17, 15) is 9.59 Å². The number of furan rings is 1. The number of halogens is 1. The van der Waals surface area contributed by atoms with E-state index < -0.39 is 5.91 Å². The number of carbonyl (C=O) groups excluding carboxylic acids is 2. The Kier molecular flexibility index (Phi) is 5.52. The van der Waals surface area contributed by atoms with Crippen molar-refractivity contribution in [1.29, 1.82) is 0 Å². The van der Waals surface area contributed by atoms with Crippen LogP contribution in [0.25, 0.3) is 11.0 Å². The number of aryl methyl sites for hydroxylation is 2. The summed E-state index contributed by atoms with van der Waals surface area (Å²) in [6.07, 6.45) is 0. The van der Waals surface area contributed by atoms with Gasteiger partial charge < -0.3 is 14.5 Å². The molecular weight excluding hydrogens is 418 g/mol. The Labute approximate surface area is 183 Å². The van der Waals surface area contributed by atoms with Crippen molar-refractivity contribution in [1.82, 2.24) is 9.78 Å². The molecule has 0 bridgehead atoms. The lowest BCUT2D eigenvalue weighted by atomic mass is 10.1. The SMILES string of the molecule is CCn1nc(C)c(Cl)c1C(=O)Nc1c(C(=O)c2cccc(OC)c2)oc2ccccc12. The van der Waals surface area contributed by atoms with Gasteiger partial charge in [0, 0.05) is 17.5 Å². The zero-order chi connectivity index (χ0) is 22.1.